The van der Waals surface area contributed by atoms with E-state index in [2.05, 4.69) is 28.8 Å². The fourth-order valence-corrected chi connectivity index (χ4v) is 1.94. The highest BCUT2D eigenvalue weighted by molar-refractivity contribution is 5.74. The summed E-state index contributed by atoms with van der Waals surface area (Å²) in [6.07, 6.45) is 2.61. The zero-order valence-corrected chi connectivity index (χ0v) is 11.2. The van der Waals surface area contributed by atoms with Crippen molar-refractivity contribution in [2.75, 3.05) is 13.6 Å². The highest BCUT2D eigenvalue weighted by Crippen LogP contribution is 2.12. The van der Waals surface area contributed by atoms with Crippen LogP contribution in [-0.4, -0.2) is 28.5 Å². The van der Waals surface area contributed by atoms with Gasteiger partial charge in [0.2, 0.25) is 0 Å². The maximum Gasteiger partial charge on any atom is 0.251 e. The number of aromatic nitrogens is 2. The Hall–Kier alpha value is -1.68. The molecule has 2 heterocycles. The summed E-state index contributed by atoms with van der Waals surface area (Å²) in [5.41, 5.74) is 3.57. The average Bonchev–Trinajstić information content (AvgIpc) is 2.37. The van der Waals surface area contributed by atoms with Crippen LogP contribution in [0.4, 0.5) is 0 Å². The van der Waals surface area contributed by atoms with Gasteiger partial charge in [-0.1, -0.05) is 13.8 Å². The van der Waals surface area contributed by atoms with Crippen molar-refractivity contribution in [2.24, 2.45) is 0 Å². The maximum atomic E-state index is 11.8. The van der Waals surface area contributed by atoms with E-state index in [1.807, 2.05) is 25.3 Å². The largest absolute Gasteiger partial charge is 0.320 e. The molecule has 96 valence electrons. The molecule has 0 aromatic carbocycles. The summed E-state index contributed by atoms with van der Waals surface area (Å²) < 4.78 is 0. The highest BCUT2D eigenvalue weighted by atomic mass is 16.1. The van der Waals surface area contributed by atoms with E-state index in [4.69, 9.17) is 0 Å². The molecule has 2 aromatic heterocycles. The predicted octanol–water partition coefficient (Wildman–Crippen LogP) is 1.94. The first-order valence-electron chi connectivity index (χ1n) is 6.33. The molecular formula is C14H19N3O. The minimum atomic E-state index is -0.00667. The lowest BCUT2D eigenvalue weighted by molar-refractivity contribution is 0.345. The smallest absolute Gasteiger partial charge is 0.251 e. The van der Waals surface area contributed by atoms with Crippen molar-refractivity contribution in [3.63, 3.8) is 0 Å². The Morgan fingerprint density at radius 1 is 1.33 bits per heavy atom. The number of hydrogen-bond acceptors (Lipinski definition) is 3. The third kappa shape index (κ3) is 2.59. The first-order valence-corrected chi connectivity index (χ1v) is 6.33. The first-order chi connectivity index (χ1) is 8.63. The number of rotatable bonds is 4. The number of nitrogens with zero attached hydrogens (tertiary/aromatic N) is 2. The van der Waals surface area contributed by atoms with E-state index in [1.54, 1.807) is 0 Å². The Morgan fingerprint density at radius 2 is 2.11 bits per heavy atom. The second-order valence-electron chi connectivity index (χ2n) is 4.58. The lowest BCUT2D eigenvalue weighted by Gasteiger charge is -2.13. The van der Waals surface area contributed by atoms with E-state index in [-0.39, 0.29) is 5.56 Å². The molecule has 0 amide bonds. The molecule has 0 fully saturated rings. The monoisotopic (exact) mass is 245 g/mol. The van der Waals surface area contributed by atoms with Gasteiger partial charge >= 0.3 is 0 Å². The Kier molecular flexibility index (Phi) is 3.77. The van der Waals surface area contributed by atoms with Crippen LogP contribution in [0.2, 0.25) is 0 Å². The van der Waals surface area contributed by atoms with Crippen molar-refractivity contribution in [3.8, 4) is 0 Å². The van der Waals surface area contributed by atoms with Crippen molar-refractivity contribution in [3.05, 3.63) is 39.8 Å². The van der Waals surface area contributed by atoms with Crippen molar-refractivity contribution < 1.29 is 0 Å². The van der Waals surface area contributed by atoms with E-state index >= 15 is 0 Å². The van der Waals surface area contributed by atoms with Gasteiger partial charge in [0, 0.05) is 18.3 Å². The number of aromatic amines is 1. The summed E-state index contributed by atoms with van der Waals surface area (Å²) in [5.74, 6) is 0. The van der Waals surface area contributed by atoms with Crippen LogP contribution in [-0.2, 0) is 13.0 Å². The van der Waals surface area contributed by atoms with E-state index < -0.39 is 0 Å². The quantitative estimate of drug-likeness (QED) is 0.895. The number of pyridine rings is 2. The van der Waals surface area contributed by atoms with Crippen molar-refractivity contribution in [1.82, 2.24) is 14.9 Å². The predicted molar refractivity (Wildman–Crippen MR) is 73.7 cm³/mol. The molecule has 0 atom stereocenters. The molecule has 1 N–H and O–H groups in total. The van der Waals surface area contributed by atoms with Crippen LogP contribution in [0, 0.1) is 0 Å². The third-order valence-electron chi connectivity index (χ3n) is 3.20. The van der Waals surface area contributed by atoms with Gasteiger partial charge in [0.1, 0.15) is 0 Å². The molecule has 2 aromatic rings. The van der Waals surface area contributed by atoms with Crippen LogP contribution >= 0.6 is 0 Å². The van der Waals surface area contributed by atoms with Gasteiger partial charge < -0.3 is 9.88 Å². The SMILES string of the molecule is CCc1cc2ncc(CN(C)CC)cc2[nH]c1=O. The average molecular weight is 245 g/mol. The third-order valence-corrected chi connectivity index (χ3v) is 3.20. The van der Waals surface area contributed by atoms with Gasteiger partial charge in [-0.15, -0.1) is 0 Å². The zero-order chi connectivity index (χ0) is 13.1. The minimum absolute atomic E-state index is 0.00667. The summed E-state index contributed by atoms with van der Waals surface area (Å²) in [4.78, 5) is 21.3. The molecule has 0 aliphatic rings. The maximum absolute atomic E-state index is 11.8. The second kappa shape index (κ2) is 5.31. The van der Waals surface area contributed by atoms with Crippen molar-refractivity contribution >= 4 is 11.0 Å². The van der Waals surface area contributed by atoms with Gasteiger partial charge in [0.25, 0.3) is 5.56 Å². The molecule has 0 radical (unpaired) electrons. The van der Waals surface area contributed by atoms with Gasteiger partial charge in [0.15, 0.2) is 0 Å². The second-order valence-corrected chi connectivity index (χ2v) is 4.58. The van der Waals surface area contributed by atoms with Gasteiger partial charge in [0.05, 0.1) is 11.0 Å². The molecule has 2 rings (SSSR count). The Morgan fingerprint density at radius 3 is 2.78 bits per heavy atom. The van der Waals surface area contributed by atoms with Crippen molar-refractivity contribution in [2.45, 2.75) is 26.8 Å². The Labute approximate surface area is 107 Å². The summed E-state index contributed by atoms with van der Waals surface area (Å²) in [5, 5.41) is 0. The van der Waals surface area contributed by atoms with Crippen LogP contribution in [0.5, 0.6) is 0 Å². The van der Waals surface area contributed by atoms with E-state index in [1.165, 1.54) is 0 Å². The highest BCUT2D eigenvalue weighted by Gasteiger charge is 2.04. The van der Waals surface area contributed by atoms with Gasteiger partial charge in [-0.05, 0) is 37.7 Å². The molecule has 0 saturated carbocycles. The normalized spacial score (nSPS) is 11.3. The zero-order valence-electron chi connectivity index (χ0n) is 11.2. The fourth-order valence-electron chi connectivity index (χ4n) is 1.94. The molecule has 0 bridgehead atoms. The van der Waals surface area contributed by atoms with Crippen LogP contribution in [0.15, 0.2) is 23.1 Å². The number of aryl methyl sites for hydroxylation is 1. The lowest BCUT2D eigenvalue weighted by atomic mass is 10.1. The minimum Gasteiger partial charge on any atom is -0.320 e. The molecule has 4 heteroatoms. The molecule has 0 aliphatic heterocycles. The number of fused-ring (bicyclic) bond motifs is 1. The lowest BCUT2D eigenvalue weighted by Crippen LogP contribution is -2.17. The molecule has 4 nitrogen and oxygen atoms in total. The molecule has 18 heavy (non-hydrogen) atoms. The Balaban J connectivity index is 2.42. The topological polar surface area (TPSA) is 49.0 Å². The number of hydrogen-bond donors (Lipinski definition) is 1. The number of nitrogens with one attached hydrogen (secondary N) is 1. The van der Waals surface area contributed by atoms with Crippen LogP contribution in [0.3, 0.4) is 0 Å². The standard InChI is InChI=1S/C14H19N3O/c1-4-11-7-12-13(16-14(11)18)6-10(8-15-12)9-17(3)5-2/h6-8H,4-5,9H2,1-3H3,(H,16,18). The van der Waals surface area contributed by atoms with Crippen LogP contribution in [0.1, 0.15) is 25.0 Å². The first kappa shape index (κ1) is 12.8. The van der Waals surface area contributed by atoms with Gasteiger partial charge in [-0.2, -0.15) is 0 Å². The summed E-state index contributed by atoms with van der Waals surface area (Å²) >= 11 is 0. The van der Waals surface area contributed by atoms with Crippen LogP contribution in [0.25, 0.3) is 11.0 Å². The van der Waals surface area contributed by atoms with Gasteiger partial charge in [-0.3, -0.25) is 9.78 Å². The number of H-pyrrole nitrogens is 1. The van der Waals surface area contributed by atoms with E-state index in [0.717, 1.165) is 41.7 Å². The summed E-state index contributed by atoms with van der Waals surface area (Å²) in [6, 6.07) is 3.89. The fraction of sp³-hybridized carbons (Fsp3) is 0.429. The van der Waals surface area contributed by atoms with E-state index in [9.17, 15) is 4.79 Å². The van der Waals surface area contributed by atoms with Crippen LogP contribution < -0.4 is 5.56 Å². The molecular weight excluding hydrogens is 226 g/mol. The van der Waals surface area contributed by atoms with Gasteiger partial charge in [-0.25, -0.2) is 0 Å². The molecule has 0 unspecified atom stereocenters. The Bertz CT molecular complexity index is 604. The van der Waals surface area contributed by atoms with E-state index in [0.29, 0.717) is 0 Å². The molecule has 0 aliphatic carbocycles. The summed E-state index contributed by atoms with van der Waals surface area (Å²) in [6.45, 7) is 5.92. The summed E-state index contributed by atoms with van der Waals surface area (Å²) in [7, 11) is 2.06. The van der Waals surface area contributed by atoms with Crippen molar-refractivity contribution in [1.29, 1.82) is 0 Å². The molecule has 0 spiro atoms. The molecule has 0 saturated heterocycles.